The van der Waals surface area contributed by atoms with Gasteiger partial charge in [-0.15, -0.1) is 0 Å². The van der Waals surface area contributed by atoms with E-state index in [0.29, 0.717) is 19.4 Å². The lowest BCUT2D eigenvalue weighted by Crippen LogP contribution is -2.45. The van der Waals surface area contributed by atoms with Crippen molar-refractivity contribution in [3.05, 3.63) is 12.2 Å². The third-order valence-corrected chi connectivity index (χ3v) is 15.1. The van der Waals surface area contributed by atoms with Crippen molar-refractivity contribution in [2.24, 2.45) is 0 Å². The zero-order chi connectivity index (χ0) is 50.7. The predicted molar refractivity (Wildman–Crippen MR) is 306 cm³/mol. The van der Waals surface area contributed by atoms with Crippen molar-refractivity contribution in [2.75, 3.05) is 13.2 Å². The largest absolute Gasteiger partial charge is 0.466 e. The SMILES string of the molecule is CCCCCCCCCCCCCCCCCCCCCCCCC/C=C/C(O)C(CO)NC(=O)CCCCCCCCCCCCCCCCOC(=O)CCCCCCCCCCCCCCCC. The van der Waals surface area contributed by atoms with Crippen LogP contribution in [0.4, 0.5) is 0 Å². The quantitative estimate of drug-likeness (QED) is 0.0321. The van der Waals surface area contributed by atoms with E-state index in [2.05, 4.69) is 19.2 Å². The Hall–Kier alpha value is -1.40. The van der Waals surface area contributed by atoms with Crippen LogP contribution in [0.2, 0.25) is 0 Å². The van der Waals surface area contributed by atoms with Crippen molar-refractivity contribution in [2.45, 2.75) is 373 Å². The standard InChI is InChI=1S/C64H125NO5/c1-3-5-7-9-11-13-15-17-19-20-21-22-23-24-25-26-27-28-29-32-36-40-44-48-52-56-62(67)61(60-66)65-63(68)57-53-49-45-41-37-33-30-31-35-39-43-47-51-55-59-70-64(69)58-54-50-46-42-38-34-18-16-14-12-10-8-6-4-2/h52,56,61-62,66-67H,3-51,53-55,57-60H2,1-2H3,(H,65,68)/b56-52+. The van der Waals surface area contributed by atoms with Gasteiger partial charge in [0.05, 0.1) is 25.4 Å². The molecule has 0 bridgehead atoms. The van der Waals surface area contributed by atoms with E-state index in [1.54, 1.807) is 6.08 Å². The lowest BCUT2D eigenvalue weighted by molar-refractivity contribution is -0.143. The van der Waals surface area contributed by atoms with Crippen molar-refractivity contribution in [3.8, 4) is 0 Å². The van der Waals surface area contributed by atoms with Crippen LogP contribution in [0.25, 0.3) is 0 Å². The number of rotatable bonds is 60. The number of unbranched alkanes of at least 4 members (excludes halogenated alkanes) is 49. The van der Waals surface area contributed by atoms with Gasteiger partial charge in [0.15, 0.2) is 0 Å². The average Bonchev–Trinajstić information content (AvgIpc) is 3.36. The lowest BCUT2D eigenvalue weighted by atomic mass is 10.0. The van der Waals surface area contributed by atoms with E-state index in [9.17, 15) is 19.8 Å². The summed E-state index contributed by atoms with van der Waals surface area (Å²) in [6.45, 7) is 4.92. The first kappa shape index (κ1) is 68.6. The second-order valence-corrected chi connectivity index (χ2v) is 22.1. The molecule has 0 aromatic heterocycles. The Labute approximate surface area is 438 Å². The van der Waals surface area contributed by atoms with E-state index in [1.165, 1.54) is 276 Å². The van der Waals surface area contributed by atoms with Crippen molar-refractivity contribution in [1.29, 1.82) is 0 Å². The summed E-state index contributed by atoms with van der Waals surface area (Å²) in [4.78, 5) is 24.6. The van der Waals surface area contributed by atoms with E-state index < -0.39 is 12.1 Å². The zero-order valence-electron chi connectivity index (χ0n) is 47.5. The second kappa shape index (κ2) is 60.2. The maximum Gasteiger partial charge on any atom is 0.305 e. The third kappa shape index (κ3) is 55.9. The zero-order valence-corrected chi connectivity index (χ0v) is 47.5. The number of hydrogen-bond acceptors (Lipinski definition) is 5. The maximum atomic E-state index is 12.5. The highest BCUT2D eigenvalue weighted by molar-refractivity contribution is 5.76. The van der Waals surface area contributed by atoms with Crippen LogP contribution in [0.3, 0.4) is 0 Å². The summed E-state index contributed by atoms with van der Waals surface area (Å²) in [5.74, 6) is -0.0737. The molecule has 0 saturated heterocycles. The van der Waals surface area contributed by atoms with Gasteiger partial charge in [-0.1, -0.05) is 328 Å². The van der Waals surface area contributed by atoms with Crippen LogP contribution in [0.1, 0.15) is 361 Å². The molecule has 70 heavy (non-hydrogen) atoms. The predicted octanol–water partition coefficient (Wildman–Crippen LogP) is 20.0. The Balaban J connectivity index is 3.45. The molecule has 0 fully saturated rings. The number of esters is 1. The number of hydrogen-bond donors (Lipinski definition) is 3. The van der Waals surface area contributed by atoms with Crippen LogP contribution in [0.15, 0.2) is 12.2 Å². The van der Waals surface area contributed by atoms with Crippen molar-refractivity contribution < 1.29 is 24.5 Å². The molecule has 416 valence electrons. The van der Waals surface area contributed by atoms with Crippen LogP contribution in [0, 0.1) is 0 Å². The molecule has 2 atom stereocenters. The van der Waals surface area contributed by atoms with Crippen LogP contribution in [-0.2, 0) is 14.3 Å². The van der Waals surface area contributed by atoms with E-state index in [1.807, 2.05) is 6.08 Å². The molecule has 0 aliphatic carbocycles. The Morgan fingerprint density at radius 2 is 0.657 bits per heavy atom. The topological polar surface area (TPSA) is 95.9 Å². The number of nitrogens with one attached hydrogen (secondary N) is 1. The molecule has 0 aromatic carbocycles. The highest BCUT2D eigenvalue weighted by atomic mass is 16.5. The van der Waals surface area contributed by atoms with E-state index in [-0.39, 0.29) is 18.5 Å². The van der Waals surface area contributed by atoms with Crippen LogP contribution >= 0.6 is 0 Å². The van der Waals surface area contributed by atoms with Gasteiger partial charge >= 0.3 is 5.97 Å². The van der Waals surface area contributed by atoms with Gasteiger partial charge in [-0.2, -0.15) is 0 Å². The first-order chi connectivity index (χ1) is 34.5. The molecule has 0 aliphatic heterocycles. The lowest BCUT2D eigenvalue weighted by Gasteiger charge is -2.20. The summed E-state index contributed by atoms with van der Waals surface area (Å²) < 4.78 is 5.48. The molecule has 0 heterocycles. The summed E-state index contributed by atoms with van der Waals surface area (Å²) in [6, 6.07) is -0.636. The third-order valence-electron chi connectivity index (χ3n) is 15.1. The Bertz CT molecular complexity index is 1050. The first-order valence-corrected chi connectivity index (χ1v) is 32.0. The molecule has 0 spiro atoms. The van der Waals surface area contributed by atoms with Crippen LogP contribution in [-0.4, -0.2) is 47.4 Å². The summed E-state index contributed by atoms with van der Waals surface area (Å²) in [6.07, 6.45) is 72.5. The van der Waals surface area contributed by atoms with E-state index in [4.69, 9.17) is 4.74 Å². The number of amides is 1. The van der Waals surface area contributed by atoms with Crippen LogP contribution in [0.5, 0.6) is 0 Å². The summed E-state index contributed by atoms with van der Waals surface area (Å²) in [5.41, 5.74) is 0. The number of carbonyl (C=O) groups is 2. The molecule has 2 unspecified atom stereocenters. The molecular weight excluding hydrogens is 863 g/mol. The Morgan fingerprint density at radius 1 is 0.386 bits per heavy atom. The van der Waals surface area contributed by atoms with Gasteiger partial charge in [-0.05, 0) is 32.1 Å². The summed E-state index contributed by atoms with van der Waals surface area (Å²) in [7, 11) is 0. The minimum absolute atomic E-state index is 0.0000602. The molecule has 6 nitrogen and oxygen atoms in total. The molecule has 0 aromatic rings. The highest BCUT2D eigenvalue weighted by Crippen LogP contribution is 2.18. The van der Waals surface area contributed by atoms with Gasteiger partial charge in [0.25, 0.3) is 0 Å². The Morgan fingerprint density at radius 3 is 0.971 bits per heavy atom. The Kier molecular flexibility index (Phi) is 59.0. The number of aliphatic hydroxyl groups is 2. The molecule has 1 amide bonds. The number of carbonyl (C=O) groups excluding carboxylic acids is 2. The van der Waals surface area contributed by atoms with Gasteiger partial charge in [-0.25, -0.2) is 0 Å². The summed E-state index contributed by atoms with van der Waals surface area (Å²) in [5, 5.41) is 23.2. The minimum atomic E-state index is -0.852. The van der Waals surface area contributed by atoms with Gasteiger partial charge in [-0.3, -0.25) is 9.59 Å². The molecule has 0 rings (SSSR count). The van der Waals surface area contributed by atoms with Gasteiger partial charge in [0.1, 0.15) is 0 Å². The molecule has 6 heteroatoms. The van der Waals surface area contributed by atoms with Gasteiger partial charge in [0.2, 0.25) is 5.91 Å². The molecule has 0 aliphatic rings. The molecule has 0 saturated carbocycles. The van der Waals surface area contributed by atoms with Gasteiger partial charge in [0, 0.05) is 12.8 Å². The monoisotopic (exact) mass is 988 g/mol. The van der Waals surface area contributed by atoms with E-state index in [0.717, 1.165) is 57.8 Å². The van der Waals surface area contributed by atoms with E-state index >= 15 is 0 Å². The molecular formula is C64H125NO5. The van der Waals surface area contributed by atoms with Gasteiger partial charge < -0.3 is 20.3 Å². The highest BCUT2D eigenvalue weighted by Gasteiger charge is 2.18. The number of allylic oxidation sites excluding steroid dienone is 1. The van der Waals surface area contributed by atoms with Crippen molar-refractivity contribution in [3.63, 3.8) is 0 Å². The molecule has 3 N–H and O–H groups in total. The number of ether oxygens (including phenoxy) is 1. The smallest absolute Gasteiger partial charge is 0.305 e. The van der Waals surface area contributed by atoms with Crippen molar-refractivity contribution >= 4 is 11.9 Å². The maximum absolute atomic E-state index is 12.5. The molecule has 0 radical (unpaired) electrons. The fourth-order valence-electron chi connectivity index (χ4n) is 10.2. The summed E-state index contributed by atoms with van der Waals surface area (Å²) >= 11 is 0. The number of aliphatic hydroxyl groups excluding tert-OH is 2. The minimum Gasteiger partial charge on any atom is -0.466 e. The second-order valence-electron chi connectivity index (χ2n) is 22.1. The van der Waals surface area contributed by atoms with Crippen LogP contribution < -0.4 is 5.32 Å². The van der Waals surface area contributed by atoms with Crippen molar-refractivity contribution in [1.82, 2.24) is 5.32 Å². The fourth-order valence-corrected chi connectivity index (χ4v) is 10.2. The normalized spacial score (nSPS) is 12.6. The first-order valence-electron chi connectivity index (χ1n) is 32.0. The average molecular weight is 989 g/mol. The fraction of sp³-hybridized carbons (Fsp3) is 0.938.